The number of anilines is 1. The molecular formula is C15H24N2OS2. The molecule has 0 saturated heterocycles. The number of thiocarbonyl (C=S) groups is 1. The molecule has 0 fully saturated rings. The number of hydrogen-bond donors (Lipinski definition) is 2. The van der Waals surface area contributed by atoms with Crippen LogP contribution in [0.4, 0.5) is 5.69 Å². The Bertz CT molecular complexity index is 461. The molecule has 5 heteroatoms. The first-order chi connectivity index (χ1) is 9.41. The Morgan fingerprint density at radius 1 is 1.45 bits per heavy atom. The van der Waals surface area contributed by atoms with Crippen molar-refractivity contribution in [2.24, 2.45) is 11.1 Å². The van der Waals surface area contributed by atoms with Gasteiger partial charge in [0.05, 0.1) is 0 Å². The third kappa shape index (κ3) is 4.96. The molecule has 0 unspecified atom stereocenters. The summed E-state index contributed by atoms with van der Waals surface area (Å²) in [5.41, 5.74) is 7.97. The molecule has 0 bridgehead atoms. The van der Waals surface area contributed by atoms with E-state index in [1.54, 1.807) is 18.9 Å². The molecule has 1 rings (SSSR count). The summed E-state index contributed by atoms with van der Waals surface area (Å²) in [4.78, 5) is 1.55. The molecule has 0 amide bonds. The van der Waals surface area contributed by atoms with Crippen molar-refractivity contribution >= 4 is 34.7 Å². The minimum atomic E-state index is 0.152. The number of hydrogen-bond acceptors (Lipinski definition) is 4. The predicted octanol–water partition coefficient (Wildman–Crippen LogP) is 3.52. The van der Waals surface area contributed by atoms with Crippen molar-refractivity contribution in [3.63, 3.8) is 0 Å². The van der Waals surface area contributed by atoms with E-state index in [1.807, 2.05) is 24.5 Å². The van der Waals surface area contributed by atoms with Gasteiger partial charge in [-0.15, -0.1) is 11.8 Å². The van der Waals surface area contributed by atoms with Crippen LogP contribution in [0.3, 0.4) is 0 Å². The summed E-state index contributed by atoms with van der Waals surface area (Å²) in [6, 6.07) is 6.10. The Kier molecular flexibility index (Phi) is 6.79. The number of nitrogens with one attached hydrogen (secondary N) is 1. The third-order valence-electron chi connectivity index (χ3n) is 3.23. The maximum absolute atomic E-state index is 5.87. The lowest BCUT2D eigenvalue weighted by Gasteiger charge is -2.26. The molecular weight excluding hydrogens is 288 g/mol. The molecule has 0 radical (unpaired) electrons. The van der Waals surface area contributed by atoms with E-state index < -0.39 is 0 Å². The normalized spacial score (nSPS) is 11.4. The topological polar surface area (TPSA) is 47.3 Å². The van der Waals surface area contributed by atoms with Gasteiger partial charge in [0.2, 0.25) is 0 Å². The fourth-order valence-electron chi connectivity index (χ4n) is 1.90. The third-order valence-corrected chi connectivity index (χ3v) is 4.22. The maximum Gasteiger partial charge on any atom is 0.107 e. The highest BCUT2D eigenvalue weighted by molar-refractivity contribution is 7.98. The first-order valence-electron chi connectivity index (χ1n) is 6.61. The molecule has 20 heavy (non-hydrogen) atoms. The molecule has 1 aromatic carbocycles. The van der Waals surface area contributed by atoms with Crippen LogP contribution in [0, 0.1) is 5.41 Å². The summed E-state index contributed by atoms with van der Waals surface area (Å²) in [6.07, 6.45) is 3.03. The Hall–Kier alpha value is -0.780. The van der Waals surface area contributed by atoms with Crippen LogP contribution >= 0.6 is 24.0 Å². The number of ether oxygens (including phenoxy) is 1. The predicted molar refractivity (Wildman–Crippen MR) is 92.9 cm³/mol. The zero-order valence-corrected chi connectivity index (χ0v) is 14.3. The van der Waals surface area contributed by atoms with Gasteiger partial charge < -0.3 is 15.8 Å². The molecule has 0 aliphatic carbocycles. The van der Waals surface area contributed by atoms with Gasteiger partial charge in [-0.1, -0.05) is 32.1 Å². The molecule has 0 spiro atoms. The lowest BCUT2D eigenvalue weighted by molar-refractivity contribution is 0.157. The van der Waals surface area contributed by atoms with Crippen LogP contribution in [0.25, 0.3) is 0 Å². The Labute approximate surface area is 131 Å². The Morgan fingerprint density at radius 3 is 2.70 bits per heavy atom. The number of rotatable bonds is 8. The van der Waals surface area contributed by atoms with Crippen LogP contribution in [0.5, 0.6) is 0 Å². The molecule has 3 nitrogen and oxygen atoms in total. The van der Waals surface area contributed by atoms with Crippen molar-refractivity contribution in [2.45, 2.75) is 25.2 Å². The van der Waals surface area contributed by atoms with E-state index in [0.29, 0.717) is 4.99 Å². The van der Waals surface area contributed by atoms with Crippen molar-refractivity contribution < 1.29 is 4.74 Å². The van der Waals surface area contributed by atoms with E-state index in [4.69, 9.17) is 22.7 Å². The smallest absolute Gasteiger partial charge is 0.107 e. The molecule has 0 atom stereocenters. The highest BCUT2D eigenvalue weighted by Crippen LogP contribution is 2.29. The second-order valence-electron chi connectivity index (χ2n) is 5.51. The van der Waals surface area contributed by atoms with Gasteiger partial charge >= 0.3 is 0 Å². The fraction of sp³-hybridized carbons (Fsp3) is 0.533. The summed E-state index contributed by atoms with van der Waals surface area (Å²) in [6.45, 7) is 6.06. The first-order valence-corrected chi connectivity index (χ1v) is 8.24. The lowest BCUT2D eigenvalue weighted by atomic mass is 9.89. The fourth-order valence-corrected chi connectivity index (χ4v) is 2.83. The van der Waals surface area contributed by atoms with E-state index in [0.717, 1.165) is 35.7 Å². The molecule has 0 aliphatic rings. The highest BCUT2D eigenvalue weighted by atomic mass is 32.2. The van der Waals surface area contributed by atoms with Crippen LogP contribution in [0.1, 0.15) is 25.8 Å². The zero-order valence-electron chi connectivity index (χ0n) is 12.7. The largest absolute Gasteiger partial charge is 0.389 e. The van der Waals surface area contributed by atoms with Gasteiger partial charge in [-0.25, -0.2) is 0 Å². The average molecular weight is 313 g/mol. The molecule has 0 aromatic heterocycles. The number of benzene rings is 1. The number of nitrogens with two attached hydrogens (primary N) is 1. The van der Waals surface area contributed by atoms with Gasteiger partial charge in [0.1, 0.15) is 4.99 Å². The first kappa shape index (κ1) is 17.3. The molecule has 0 heterocycles. The van der Waals surface area contributed by atoms with Crippen LogP contribution in [0.2, 0.25) is 0 Å². The Morgan fingerprint density at radius 2 is 2.15 bits per heavy atom. The second kappa shape index (κ2) is 7.86. The van der Waals surface area contributed by atoms with Gasteiger partial charge in [-0.3, -0.25) is 0 Å². The summed E-state index contributed by atoms with van der Waals surface area (Å²) in [7, 11) is 1.73. The average Bonchev–Trinajstić information content (AvgIpc) is 2.42. The number of thioether (sulfide) groups is 1. The van der Waals surface area contributed by atoms with Crippen LogP contribution in [0.15, 0.2) is 23.1 Å². The van der Waals surface area contributed by atoms with Crippen LogP contribution < -0.4 is 11.1 Å². The van der Waals surface area contributed by atoms with E-state index in [9.17, 15) is 0 Å². The lowest BCUT2D eigenvalue weighted by Crippen LogP contribution is -2.26. The van der Waals surface area contributed by atoms with Gasteiger partial charge in [-0.2, -0.15) is 0 Å². The molecule has 3 N–H and O–H groups in total. The van der Waals surface area contributed by atoms with Gasteiger partial charge in [0.25, 0.3) is 0 Å². The van der Waals surface area contributed by atoms with Crippen molar-refractivity contribution in [3.8, 4) is 0 Å². The molecule has 112 valence electrons. The quantitative estimate of drug-likeness (QED) is 0.568. The molecule has 0 aliphatic heterocycles. The van der Waals surface area contributed by atoms with E-state index in [-0.39, 0.29) is 5.41 Å². The SMILES string of the molecule is COCCC(C)(C)CNc1cccc(SC)c1C(N)=S. The van der Waals surface area contributed by atoms with Crippen molar-refractivity contribution in [1.29, 1.82) is 0 Å². The van der Waals surface area contributed by atoms with Gasteiger partial charge in [0, 0.05) is 36.4 Å². The maximum atomic E-state index is 5.87. The summed E-state index contributed by atoms with van der Waals surface area (Å²) in [5.74, 6) is 0. The van der Waals surface area contributed by atoms with Crippen LogP contribution in [-0.4, -0.2) is 31.5 Å². The second-order valence-corrected chi connectivity index (χ2v) is 6.80. The highest BCUT2D eigenvalue weighted by Gasteiger charge is 2.18. The minimum Gasteiger partial charge on any atom is -0.389 e. The van der Waals surface area contributed by atoms with Crippen molar-refractivity contribution in [3.05, 3.63) is 23.8 Å². The minimum absolute atomic E-state index is 0.152. The molecule has 1 aromatic rings. The summed E-state index contributed by atoms with van der Waals surface area (Å²) < 4.78 is 5.16. The Balaban J connectivity index is 2.85. The van der Waals surface area contributed by atoms with Gasteiger partial charge in [-0.05, 0) is 30.2 Å². The molecule has 0 saturated carbocycles. The summed E-state index contributed by atoms with van der Waals surface area (Å²) in [5, 5.41) is 3.48. The zero-order chi connectivity index (χ0) is 15.2. The van der Waals surface area contributed by atoms with Crippen molar-refractivity contribution in [1.82, 2.24) is 0 Å². The van der Waals surface area contributed by atoms with E-state index >= 15 is 0 Å². The van der Waals surface area contributed by atoms with Crippen LogP contribution in [-0.2, 0) is 4.74 Å². The van der Waals surface area contributed by atoms with E-state index in [2.05, 4.69) is 19.2 Å². The standard InChI is InChI=1S/C15H24N2OS2/c1-15(2,8-9-18-3)10-17-11-6-5-7-12(20-4)13(11)14(16)19/h5-7,17H,8-10H2,1-4H3,(H2,16,19). The van der Waals surface area contributed by atoms with Gasteiger partial charge in [0.15, 0.2) is 0 Å². The summed E-state index contributed by atoms with van der Waals surface area (Å²) >= 11 is 6.84. The van der Waals surface area contributed by atoms with Crippen molar-refractivity contribution in [2.75, 3.05) is 31.8 Å². The number of methoxy groups -OCH3 is 1. The van der Waals surface area contributed by atoms with E-state index in [1.165, 1.54) is 0 Å². The monoisotopic (exact) mass is 312 g/mol.